The van der Waals surface area contributed by atoms with Crippen molar-refractivity contribution in [2.45, 2.75) is 86.5 Å². The van der Waals surface area contributed by atoms with Crippen LogP contribution in [0.4, 0.5) is 5.69 Å². The molecule has 0 radical (unpaired) electrons. The van der Waals surface area contributed by atoms with Crippen molar-refractivity contribution in [3.63, 3.8) is 0 Å². The van der Waals surface area contributed by atoms with E-state index in [-0.39, 0.29) is 12.0 Å². The number of ether oxygens (including phenoxy) is 4. The molecule has 348 valence electrons. The number of nitrogens with zero attached hydrogens (tertiary/aromatic N) is 3. The highest BCUT2D eigenvalue weighted by molar-refractivity contribution is 7.79. The fourth-order valence-electron chi connectivity index (χ4n) is 13.7. The number of carbonyl (C=O) groups excluding carboxylic acids is 3. The number of nitrogens with one attached hydrogen (secondary N) is 1. The maximum absolute atomic E-state index is 15.3. The number of anilines is 1. The Bertz CT molecular complexity index is 2500. The first-order valence-corrected chi connectivity index (χ1v) is 23.3. The molecule has 2 saturated heterocycles. The van der Waals surface area contributed by atoms with Gasteiger partial charge in [-0.2, -0.15) is 8.42 Å². The Morgan fingerprint density at radius 2 is 1.61 bits per heavy atom. The van der Waals surface area contributed by atoms with Crippen LogP contribution in [-0.2, 0) is 56.2 Å². The summed E-state index contributed by atoms with van der Waals surface area (Å²) in [7, 11) is 2.75. The van der Waals surface area contributed by atoms with Gasteiger partial charge < -0.3 is 39.0 Å². The van der Waals surface area contributed by atoms with Gasteiger partial charge in [0.15, 0.2) is 5.60 Å². The van der Waals surface area contributed by atoms with Gasteiger partial charge in [0.05, 0.1) is 40.1 Å². The van der Waals surface area contributed by atoms with E-state index in [0.717, 1.165) is 33.4 Å². The van der Waals surface area contributed by atoms with E-state index in [1.54, 1.807) is 7.11 Å². The highest BCUT2D eigenvalue weighted by Crippen LogP contribution is 2.69. The molecular formula is C46H60N4O13S. The normalized spacial score (nSPS) is 35.0. The summed E-state index contributed by atoms with van der Waals surface area (Å²) in [4.78, 5) is 54.4. The third-order valence-corrected chi connectivity index (χ3v) is 15.8. The van der Waals surface area contributed by atoms with Crippen molar-refractivity contribution in [2.24, 2.45) is 17.3 Å². The summed E-state index contributed by atoms with van der Waals surface area (Å²) in [6, 6.07) is 10.9. The van der Waals surface area contributed by atoms with E-state index >= 15 is 4.79 Å². The van der Waals surface area contributed by atoms with Gasteiger partial charge >= 0.3 is 28.3 Å². The maximum atomic E-state index is 15.3. The Morgan fingerprint density at radius 1 is 0.906 bits per heavy atom. The minimum Gasteiger partial charge on any atom is -0.496 e. The molecule has 1 spiro atoms. The van der Waals surface area contributed by atoms with Crippen LogP contribution in [0.25, 0.3) is 10.9 Å². The molecule has 5 N–H and O–H groups in total. The van der Waals surface area contributed by atoms with Gasteiger partial charge in [0.25, 0.3) is 0 Å². The fraction of sp³-hybridized carbons (Fsp3) is 0.587. The molecule has 10 unspecified atom stereocenters. The number of carbonyl (C=O) groups is 3. The second-order valence-corrected chi connectivity index (χ2v) is 19.5. The van der Waals surface area contributed by atoms with Gasteiger partial charge in [-0.3, -0.25) is 28.5 Å². The van der Waals surface area contributed by atoms with E-state index in [1.807, 2.05) is 62.2 Å². The lowest BCUT2D eigenvalue weighted by molar-refractivity contribution is -0.209. The molecule has 1 aliphatic carbocycles. The first-order chi connectivity index (χ1) is 30.3. The zero-order chi connectivity index (χ0) is 46.4. The van der Waals surface area contributed by atoms with Gasteiger partial charge in [-0.15, -0.1) is 0 Å². The van der Waals surface area contributed by atoms with E-state index in [1.165, 1.54) is 21.3 Å². The zero-order valence-corrected chi connectivity index (χ0v) is 38.2. The summed E-state index contributed by atoms with van der Waals surface area (Å²) in [6.45, 7) is 7.27. The van der Waals surface area contributed by atoms with Crippen molar-refractivity contribution < 1.29 is 61.1 Å². The molecule has 3 aromatic rings. The monoisotopic (exact) mass is 908 g/mol. The second-order valence-electron chi connectivity index (χ2n) is 18.6. The number of H-pyrrole nitrogens is 1. The number of hydrogen-bond donors (Lipinski definition) is 5. The van der Waals surface area contributed by atoms with E-state index in [4.69, 9.17) is 36.5 Å². The summed E-state index contributed by atoms with van der Waals surface area (Å²) in [6.07, 6.45) is 7.12. The average molecular weight is 909 g/mol. The molecule has 5 aliphatic heterocycles. The van der Waals surface area contributed by atoms with E-state index in [9.17, 15) is 19.8 Å². The number of methoxy groups -OCH3 is 4. The number of benzene rings is 2. The summed E-state index contributed by atoms with van der Waals surface area (Å²) in [5.74, 6) is -2.96. The largest absolute Gasteiger partial charge is 0.496 e. The van der Waals surface area contributed by atoms with Gasteiger partial charge in [0, 0.05) is 84.0 Å². The van der Waals surface area contributed by atoms with Crippen molar-refractivity contribution >= 4 is 44.9 Å². The van der Waals surface area contributed by atoms with Crippen LogP contribution in [0.3, 0.4) is 0 Å². The summed E-state index contributed by atoms with van der Waals surface area (Å²) < 4.78 is 54.8. The number of aromatic nitrogens is 1. The topological polar surface area (TPSA) is 229 Å². The molecule has 6 heterocycles. The van der Waals surface area contributed by atoms with Gasteiger partial charge in [0.1, 0.15) is 17.1 Å². The van der Waals surface area contributed by atoms with Crippen LogP contribution in [0.15, 0.2) is 48.6 Å². The SMILES string of the molecule is CCC1(O)CC2CN(CCc3c([nH]c4ccccc34)C(C(=O)OC)(c3cc4c(cc3OC)N(C)C3C(O)(C(=O)OC)C(C(=O)OC)C5(CC)C=CCN6CCC43C65)C2)C1.O=S(=O)(O)O. The zero-order valence-electron chi connectivity index (χ0n) is 37.4. The summed E-state index contributed by atoms with van der Waals surface area (Å²) in [5.41, 5.74) is -1.77. The standard InChI is InChI=1S/C46H58N4O9.H2O4S/c1-8-42(54)23-27-24-45(40(52)58-6,36-29(15-19-49(25-27)26-42)28-13-10-11-14-32(28)47-36)31-21-30-33(22-34(31)56-4)48(3)39-44(30)17-20-50-18-12-16-43(9-2,38(44)50)35(37(51)57-5)46(39,55)41(53)59-7;1-5(2,3)4/h10-14,16,21-22,27,35,38-39,47,54-55H,8-9,15,17-20,23-26H2,1-7H3;(H2,1,2,3,4). The number of rotatable bonds is 7. The molecule has 2 aromatic carbocycles. The van der Waals surface area contributed by atoms with Gasteiger partial charge in [-0.1, -0.05) is 44.2 Å². The Morgan fingerprint density at radius 3 is 2.25 bits per heavy atom. The number of likely N-dealkylation sites (N-methyl/N-ethyl adjacent to an activating group) is 1. The van der Waals surface area contributed by atoms with Crippen LogP contribution in [-0.4, -0.2) is 152 Å². The molecule has 9 rings (SSSR count). The molecule has 10 atom stereocenters. The molecule has 0 amide bonds. The van der Waals surface area contributed by atoms with Crippen LogP contribution in [0.5, 0.6) is 5.75 Å². The lowest BCUT2D eigenvalue weighted by Crippen LogP contribution is -2.80. The van der Waals surface area contributed by atoms with Crippen molar-refractivity contribution in [3.05, 3.63) is 70.9 Å². The lowest BCUT2D eigenvalue weighted by atomic mass is 9.44. The maximum Gasteiger partial charge on any atom is 0.394 e. The number of esters is 3. The molecule has 17 nitrogen and oxygen atoms in total. The van der Waals surface area contributed by atoms with Crippen LogP contribution < -0.4 is 9.64 Å². The average Bonchev–Trinajstić information content (AvgIpc) is 3.93. The third-order valence-electron chi connectivity index (χ3n) is 15.8. The quantitative estimate of drug-likeness (QED) is 0.0993. The third kappa shape index (κ3) is 6.53. The van der Waals surface area contributed by atoms with Gasteiger partial charge in [-0.05, 0) is 74.2 Å². The van der Waals surface area contributed by atoms with Gasteiger partial charge in [-0.25, -0.2) is 4.79 Å². The molecule has 3 fully saturated rings. The highest BCUT2D eigenvalue weighted by atomic mass is 32.3. The smallest absolute Gasteiger partial charge is 0.394 e. The molecule has 18 heteroatoms. The van der Waals surface area contributed by atoms with Crippen molar-refractivity contribution in [3.8, 4) is 5.75 Å². The number of aromatic amines is 1. The minimum atomic E-state index is -4.67. The Kier molecular flexibility index (Phi) is 11.6. The number of piperidine rings is 1. The molecule has 1 saturated carbocycles. The highest BCUT2D eigenvalue weighted by Gasteiger charge is 2.80. The molecule has 2 bridgehead atoms. The van der Waals surface area contributed by atoms with Crippen LogP contribution >= 0.6 is 0 Å². The second kappa shape index (κ2) is 16.1. The molecular weight excluding hydrogens is 849 g/mol. The predicted octanol–water partition coefficient (Wildman–Crippen LogP) is 3.20. The van der Waals surface area contributed by atoms with Crippen molar-refractivity contribution in [2.75, 3.05) is 73.1 Å². The lowest BCUT2D eigenvalue weighted by Gasteiger charge is -2.63. The Labute approximate surface area is 373 Å². The fourth-order valence-corrected chi connectivity index (χ4v) is 13.7. The molecule has 6 aliphatic rings. The van der Waals surface area contributed by atoms with E-state index in [2.05, 4.69) is 26.9 Å². The number of hydrogen-bond acceptors (Lipinski definition) is 14. The van der Waals surface area contributed by atoms with Gasteiger partial charge in [0.2, 0.25) is 0 Å². The molecule has 1 aromatic heterocycles. The van der Waals surface area contributed by atoms with Crippen molar-refractivity contribution in [1.82, 2.24) is 14.8 Å². The number of aliphatic hydroxyl groups is 2. The first-order valence-electron chi connectivity index (χ1n) is 21.9. The van der Waals surface area contributed by atoms with Crippen molar-refractivity contribution in [1.29, 1.82) is 0 Å². The van der Waals surface area contributed by atoms with Crippen LogP contribution in [0.1, 0.15) is 68.3 Å². The summed E-state index contributed by atoms with van der Waals surface area (Å²) in [5, 5.41) is 26.4. The first kappa shape index (κ1) is 46.0. The number of para-hydroxylation sites is 1. The minimum absolute atomic E-state index is 0.102. The Balaban J connectivity index is 0.00000106. The predicted molar refractivity (Wildman–Crippen MR) is 235 cm³/mol. The van der Waals surface area contributed by atoms with E-state index in [0.29, 0.717) is 82.6 Å². The Hall–Kier alpha value is -4.56. The van der Waals surface area contributed by atoms with Crippen LogP contribution in [0.2, 0.25) is 0 Å². The van der Waals surface area contributed by atoms with E-state index < -0.39 is 67.7 Å². The number of fused-ring (bicyclic) bond motifs is 6. The molecule has 64 heavy (non-hydrogen) atoms. The van der Waals surface area contributed by atoms with Crippen LogP contribution in [0, 0.1) is 17.3 Å². The summed E-state index contributed by atoms with van der Waals surface area (Å²) >= 11 is 0.